The van der Waals surface area contributed by atoms with Crippen LogP contribution in [0.4, 0.5) is 0 Å². The van der Waals surface area contributed by atoms with Crippen LogP contribution in [0.5, 0.6) is 5.75 Å². The van der Waals surface area contributed by atoms with Crippen LogP contribution in [0.3, 0.4) is 0 Å². The fourth-order valence-corrected chi connectivity index (χ4v) is 3.03. The summed E-state index contributed by atoms with van der Waals surface area (Å²) in [5, 5.41) is 6.58. The number of rotatable bonds is 5. The van der Waals surface area contributed by atoms with Gasteiger partial charge >= 0.3 is 0 Å². The van der Waals surface area contributed by atoms with Gasteiger partial charge in [0.25, 0.3) is 0 Å². The first kappa shape index (κ1) is 15.2. The largest absolute Gasteiger partial charge is 0.490 e. The average Bonchev–Trinajstić information content (AvgIpc) is 2.56. The van der Waals surface area contributed by atoms with Crippen molar-refractivity contribution in [3.63, 3.8) is 0 Å². The maximum absolute atomic E-state index is 6.26. The molecule has 5 heteroatoms. The summed E-state index contributed by atoms with van der Waals surface area (Å²) in [7, 11) is 0. The summed E-state index contributed by atoms with van der Waals surface area (Å²) >= 11 is 0. The first-order chi connectivity index (χ1) is 10.8. The fraction of sp³-hybridized carbons (Fsp3) is 0.588. The summed E-state index contributed by atoms with van der Waals surface area (Å²) in [6.07, 6.45) is 5.36. The smallest absolute Gasteiger partial charge is 0.191 e. The molecule has 0 bridgehead atoms. The normalized spacial score (nSPS) is 21.9. The number of nitrogens with zero attached hydrogens (tertiary/aromatic N) is 1. The molecular weight excluding hydrogens is 276 g/mol. The number of nitrogens with one attached hydrogen (secondary N) is 2. The van der Waals surface area contributed by atoms with E-state index in [0.29, 0.717) is 0 Å². The van der Waals surface area contributed by atoms with Crippen molar-refractivity contribution in [2.24, 2.45) is 10.7 Å². The van der Waals surface area contributed by atoms with Crippen LogP contribution >= 0.6 is 0 Å². The number of ether oxygens (including phenoxy) is 1. The summed E-state index contributed by atoms with van der Waals surface area (Å²) in [4.78, 5) is 4.40. The Kier molecular flexibility index (Phi) is 5.16. The van der Waals surface area contributed by atoms with Gasteiger partial charge in [-0.15, -0.1) is 0 Å². The van der Waals surface area contributed by atoms with Gasteiger partial charge in [-0.05, 0) is 43.7 Å². The van der Waals surface area contributed by atoms with Crippen molar-refractivity contribution in [3.8, 4) is 5.75 Å². The van der Waals surface area contributed by atoms with Crippen LogP contribution < -0.4 is 21.1 Å². The van der Waals surface area contributed by atoms with Crippen molar-refractivity contribution < 1.29 is 4.74 Å². The molecule has 120 valence electrons. The maximum Gasteiger partial charge on any atom is 0.191 e. The van der Waals surface area contributed by atoms with Crippen LogP contribution in [0, 0.1) is 0 Å². The highest BCUT2D eigenvalue weighted by atomic mass is 16.5. The number of benzene rings is 1. The molecule has 1 aromatic rings. The molecule has 4 N–H and O–H groups in total. The lowest BCUT2D eigenvalue weighted by Gasteiger charge is -2.28. The molecule has 3 rings (SSSR count). The molecule has 0 fully saturated rings. The quantitative estimate of drug-likeness (QED) is 0.769. The van der Waals surface area contributed by atoms with Crippen molar-refractivity contribution in [3.05, 3.63) is 29.8 Å². The van der Waals surface area contributed by atoms with E-state index in [0.717, 1.165) is 63.4 Å². The minimum absolute atomic E-state index is 0.159. The lowest BCUT2D eigenvalue weighted by atomic mass is 9.97. The molecule has 2 aliphatic heterocycles. The van der Waals surface area contributed by atoms with Gasteiger partial charge in [0, 0.05) is 25.7 Å². The highest BCUT2D eigenvalue weighted by Crippen LogP contribution is 2.28. The van der Waals surface area contributed by atoms with Crippen LogP contribution in [0.25, 0.3) is 0 Å². The number of hydrogen-bond donors (Lipinski definition) is 3. The van der Waals surface area contributed by atoms with Gasteiger partial charge in [-0.2, -0.15) is 0 Å². The first-order valence-corrected chi connectivity index (χ1v) is 8.33. The van der Waals surface area contributed by atoms with E-state index in [9.17, 15) is 0 Å². The van der Waals surface area contributed by atoms with E-state index in [1.807, 2.05) is 6.07 Å². The second-order valence-electron chi connectivity index (χ2n) is 6.11. The van der Waals surface area contributed by atoms with Crippen LogP contribution in [0.15, 0.2) is 29.3 Å². The van der Waals surface area contributed by atoms with Gasteiger partial charge in [-0.1, -0.05) is 18.2 Å². The molecule has 2 aliphatic rings. The number of para-hydroxylation sites is 1. The zero-order chi connectivity index (χ0) is 15.2. The van der Waals surface area contributed by atoms with Crippen molar-refractivity contribution >= 4 is 5.96 Å². The number of aryl methyl sites for hydroxylation is 1. The molecule has 2 heterocycles. The van der Waals surface area contributed by atoms with E-state index in [1.165, 1.54) is 5.56 Å². The molecular formula is C17H26N4O. The van der Waals surface area contributed by atoms with Gasteiger partial charge in [0.1, 0.15) is 11.9 Å². The Balaban J connectivity index is 1.39. The molecule has 1 unspecified atom stereocenters. The molecule has 22 heavy (non-hydrogen) atoms. The molecule has 1 aromatic carbocycles. The molecule has 0 amide bonds. The van der Waals surface area contributed by atoms with E-state index in [1.54, 1.807) is 0 Å². The lowest BCUT2D eigenvalue weighted by molar-refractivity contribution is 0.154. The monoisotopic (exact) mass is 302 g/mol. The Labute approximate surface area is 132 Å². The standard InChI is InChI=1S/C17H26N4O/c18-14(8-11-21-17-19-9-3-10-20-17)12-15-7-6-13-4-1-2-5-16(13)22-15/h1-2,4-5,14-15H,3,6-12,18H2,(H2,19,20,21)/t14-,15?/m1/s1. The summed E-state index contributed by atoms with van der Waals surface area (Å²) in [5.74, 6) is 1.95. The molecule has 0 saturated carbocycles. The SMILES string of the molecule is N[C@H](CCNC1=NCCCN1)CC1CCc2ccccc2O1. The van der Waals surface area contributed by atoms with Crippen LogP contribution in [0.1, 0.15) is 31.2 Å². The summed E-state index contributed by atoms with van der Waals surface area (Å²) in [5.41, 5.74) is 7.58. The number of hydrogen-bond acceptors (Lipinski definition) is 5. The molecule has 0 radical (unpaired) electrons. The van der Waals surface area contributed by atoms with E-state index in [4.69, 9.17) is 10.5 Å². The summed E-state index contributed by atoms with van der Waals surface area (Å²) in [6.45, 7) is 2.78. The Morgan fingerprint density at radius 1 is 1.41 bits per heavy atom. The van der Waals surface area contributed by atoms with Crippen molar-refractivity contribution in [1.29, 1.82) is 0 Å². The summed E-state index contributed by atoms with van der Waals surface area (Å²) in [6, 6.07) is 8.46. The van der Waals surface area contributed by atoms with Gasteiger partial charge in [0.2, 0.25) is 0 Å². The van der Waals surface area contributed by atoms with Gasteiger partial charge in [-0.3, -0.25) is 4.99 Å². The zero-order valence-corrected chi connectivity index (χ0v) is 13.1. The van der Waals surface area contributed by atoms with Gasteiger partial charge in [-0.25, -0.2) is 0 Å². The Bertz CT molecular complexity index is 517. The third-order valence-corrected chi connectivity index (χ3v) is 4.27. The molecule has 0 aromatic heterocycles. The van der Waals surface area contributed by atoms with E-state index in [-0.39, 0.29) is 12.1 Å². The summed E-state index contributed by atoms with van der Waals surface area (Å²) < 4.78 is 6.06. The number of fused-ring (bicyclic) bond motifs is 1. The van der Waals surface area contributed by atoms with Gasteiger partial charge in [0.05, 0.1) is 0 Å². The van der Waals surface area contributed by atoms with Crippen LogP contribution in [-0.4, -0.2) is 37.7 Å². The van der Waals surface area contributed by atoms with Crippen molar-refractivity contribution in [1.82, 2.24) is 10.6 Å². The van der Waals surface area contributed by atoms with Crippen molar-refractivity contribution in [2.45, 2.75) is 44.2 Å². The van der Waals surface area contributed by atoms with Gasteiger partial charge in [0.15, 0.2) is 5.96 Å². The number of guanidine groups is 1. The topological polar surface area (TPSA) is 71.7 Å². The first-order valence-electron chi connectivity index (χ1n) is 8.33. The Morgan fingerprint density at radius 2 is 2.32 bits per heavy atom. The second kappa shape index (κ2) is 7.49. The van der Waals surface area contributed by atoms with Crippen molar-refractivity contribution in [2.75, 3.05) is 19.6 Å². The van der Waals surface area contributed by atoms with E-state index in [2.05, 4.69) is 33.8 Å². The predicted molar refractivity (Wildman–Crippen MR) is 89.3 cm³/mol. The minimum Gasteiger partial charge on any atom is -0.490 e. The van der Waals surface area contributed by atoms with Gasteiger partial charge < -0.3 is 21.1 Å². The fourth-order valence-electron chi connectivity index (χ4n) is 3.03. The van der Waals surface area contributed by atoms with E-state index >= 15 is 0 Å². The molecule has 0 aliphatic carbocycles. The third kappa shape index (κ3) is 4.13. The number of aliphatic imine (C=N–C) groups is 1. The lowest BCUT2D eigenvalue weighted by Crippen LogP contribution is -2.42. The molecule has 0 spiro atoms. The second-order valence-corrected chi connectivity index (χ2v) is 6.11. The Morgan fingerprint density at radius 3 is 3.18 bits per heavy atom. The minimum atomic E-state index is 0.159. The number of nitrogens with two attached hydrogens (primary N) is 1. The zero-order valence-electron chi connectivity index (χ0n) is 13.1. The average molecular weight is 302 g/mol. The predicted octanol–water partition coefficient (Wildman–Crippen LogP) is 1.43. The third-order valence-electron chi connectivity index (χ3n) is 4.27. The highest BCUT2D eigenvalue weighted by molar-refractivity contribution is 5.80. The molecule has 0 saturated heterocycles. The Hall–Kier alpha value is -1.75. The van der Waals surface area contributed by atoms with Crippen LogP contribution in [-0.2, 0) is 6.42 Å². The highest BCUT2D eigenvalue weighted by Gasteiger charge is 2.21. The maximum atomic E-state index is 6.26. The van der Waals surface area contributed by atoms with E-state index < -0.39 is 0 Å². The molecule has 2 atom stereocenters. The molecule has 5 nitrogen and oxygen atoms in total. The van der Waals surface area contributed by atoms with Crippen LogP contribution in [0.2, 0.25) is 0 Å².